The van der Waals surface area contributed by atoms with Crippen LogP contribution in [0.15, 0.2) is 70.1 Å². The van der Waals surface area contributed by atoms with E-state index in [2.05, 4.69) is 9.88 Å². The van der Waals surface area contributed by atoms with E-state index in [4.69, 9.17) is 9.26 Å². The number of nitrogens with zero attached hydrogens (tertiary/aromatic N) is 1. The Hall–Kier alpha value is -2.97. The third kappa shape index (κ3) is 5.02. The summed E-state index contributed by atoms with van der Waals surface area (Å²) in [5.74, 6) is -0.238. The minimum Gasteiger partial charge on any atom is -0.454 e. The minimum atomic E-state index is -3.76. The molecular weight excluding hydrogens is 368 g/mol. The van der Waals surface area contributed by atoms with Crippen molar-refractivity contribution in [3.63, 3.8) is 0 Å². The quantitative estimate of drug-likeness (QED) is 0.627. The van der Waals surface area contributed by atoms with Gasteiger partial charge in [0.2, 0.25) is 10.0 Å². The Bertz CT molecular complexity index is 1030. The number of carbonyl (C=O) groups is 1. The van der Waals surface area contributed by atoms with E-state index in [1.54, 1.807) is 13.0 Å². The summed E-state index contributed by atoms with van der Waals surface area (Å²) in [5.41, 5.74) is 1.64. The first-order valence-electron chi connectivity index (χ1n) is 8.17. The molecule has 140 valence electrons. The van der Waals surface area contributed by atoms with Gasteiger partial charge in [-0.15, -0.1) is 0 Å². The van der Waals surface area contributed by atoms with Gasteiger partial charge < -0.3 is 9.26 Å². The fourth-order valence-corrected chi connectivity index (χ4v) is 3.42. The Morgan fingerprint density at radius 1 is 1.11 bits per heavy atom. The summed E-state index contributed by atoms with van der Waals surface area (Å²) in [6.07, 6.45) is 0. The highest BCUT2D eigenvalue weighted by molar-refractivity contribution is 7.89. The second kappa shape index (κ2) is 8.15. The lowest BCUT2D eigenvalue weighted by atomic mass is 10.2. The molecule has 2 aromatic carbocycles. The number of ether oxygens (including phenoxy) is 1. The number of hydrogen-bond acceptors (Lipinski definition) is 6. The van der Waals surface area contributed by atoms with Crippen molar-refractivity contribution in [2.45, 2.75) is 25.0 Å². The molecule has 0 bridgehead atoms. The second-order valence-electron chi connectivity index (χ2n) is 5.85. The van der Waals surface area contributed by atoms with Crippen LogP contribution in [0.25, 0.3) is 0 Å². The third-order valence-electron chi connectivity index (χ3n) is 3.71. The molecule has 0 fully saturated rings. The van der Waals surface area contributed by atoms with Crippen molar-refractivity contribution in [3.05, 3.63) is 83.2 Å². The Balaban J connectivity index is 1.67. The van der Waals surface area contributed by atoms with Gasteiger partial charge in [0.1, 0.15) is 0 Å². The number of aryl methyl sites for hydroxylation is 1. The number of carbonyl (C=O) groups excluding carboxylic acids is 1. The van der Waals surface area contributed by atoms with Crippen LogP contribution in [-0.2, 0) is 27.9 Å². The molecule has 0 unspecified atom stereocenters. The summed E-state index contributed by atoms with van der Waals surface area (Å²) >= 11 is 0. The van der Waals surface area contributed by atoms with Crippen LogP contribution in [0, 0.1) is 6.92 Å². The molecule has 1 N–H and O–H groups in total. The smallest absolute Gasteiger partial charge is 0.338 e. The van der Waals surface area contributed by atoms with E-state index >= 15 is 0 Å². The Labute approximate surface area is 157 Å². The highest BCUT2D eigenvalue weighted by atomic mass is 32.2. The van der Waals surface area contributed by atoms with Crippen LogP contribution in [0.1, 0.15) is 27.4 Å². The maximum Gasteiger partial charge on any atom is 0.338 e. The third-order valence-corrected chi connectivity index (χ3v) is 5.11. The van der Waals surface area contributed by atoms with Crippen LogP contribution < -0.4 is 4.72 Å². The van der Waals surface area contributed by atoms with Crippen molar-refractivity contribution in [2.75, 3.05) is 0 Å². The van der Waals surface area contributed by atoms with Crippen LogP contribution >= 0.6 is 0 Å². The van der Waals surface area contributed by atoms with E-state index in [1.165, 1.54) is 24.3 Å². The Morgan fingerprint density at radius 3 is 2.59 bits per heavy atom. The SMILES string of the molecule is Cc1cc(COC(=O)c2cccc(S(=O)(=O)NCc3ccccc3)c2)on1. The molecule has 0 amide bonds. The molecule has 0 spiro atoms. The lowest BCUT2D eigenvalue weighted by molar-refractivity contribution is 0.0437. The van der Waals surface area contributed by atoms with Gasteiger partial charge in [0, 0.05) is 12.6 Å². The van der Waals surface area contributed by atoms with Crippen molar-refractivity contribution in [1.29, 1.82) is 0 Å². The molecule has 1 aromatic heterocycles. The van der Waals surface area contributed by atoms with Crippen molar-refractivity contribution in [3.8, 4) is 0 Å². The van der Waals surface area contributed by atoms with E-state index in [0.717, 1.165) is 5.56 Å². The van der Waals surface area contributed by atoms with Gasteiger partial charge >= 0.3 is 5.97 Å². The van der Waals surface area contributed by atoms with E-state index in [9.17, 15) is 13.2 Å². The van der Waals surface area contributed by atoms with Crippen LogP contribution in [0.4, 0.5) is 0 Å². The molecule has 3 rings (SSSR count). The molecule has 1 heterocycles. The number of aromatic nitrogens is 1. The standard InChI is InChI=1S/C19H18N2O5S/c1-14-10-17(26-21-14)13-25-19(22)16-8-5-9-18(11-16)27(23,24)20-12-15-6-3-2-4-7-15/h2-11,20H,12-13H2,1H3. The van der Waals surface area contributed by atoms with Crippen molar-refractivity contribution in [2.24, 2.45) is 0 Å². The molecule has 0 saturated carbocycles. The van der Waals surface area contributed by atoms with Gasteiger partial charge in [0.05, 0.1) is 16.2 Å². The average molecular weight is 386 g/mol. The maximum absolute atomic E-state index is 12.5. The molecule has 0 radical (unpaired) electrons. The fourth-order valence-electron chi connectivity index (χ4n) is 2.35. The molecule has 0 saturated heterocycles. The molecule has 0 aliphatic heterocycles. The molecule has 7 nitrogen and oxygen atoms in total. The first-order chi connectivity index (χ1) is 12.9. The highest BCUT2D eigenvalue weighted by Gasteiger charge is 2.17. The first kappa shape index (κ1) is 18.8. The van der Waals surface area contributed by atoms with E-state index in [-0.39, 0.29) is 23.6 Å². The largest absolute Gasteiger partial charge is 0.454 e. The van der Waals surface area contributed by atoms with Crippen molar-refractivity contribution >= 4 is 16.0 Å². The summed E-state index contributed by atoms with van der Waals surface area (Å²) in [5, 5.41) is 3.71. The van der Waals surface area contributed by atoms with Crippen molar-refractivity contribution < 1.29 is 22.5 Å². The van der Waals surface area contributed by atoms with Gasteiger partial charge in [-0.2, -0.15) is 0 Å². The second-order valence-corrected chi connectivity index (χ2v) is 7.62. The van der Waals surface area contributed by atoms with E-state index < -0.39 is 16.0 Å². The number of sulfonamides is 1. The Morgan fingerprint density at radius 2 is 1.89 bits per heavy atom. The Kier molecular flexibility index (Phi) is 5.68. The van der Waals surface area contributed by atoms with Gasteiger partial charge in [0.25, 0.3) is 0 Å². The zero-order valence-corrected chi connectivity index (χ0v) is 15.4. The van der Waals surface area contributed by atoms with Gasteiger partial charge in [-0.1, -0.05) is 41.6 Å². The number of hydrogen-bond donors (Lipinski definition) is 1. The monoisotopic (exact) mass is 386 g/mol. The average Bonchev–Trinajstić information content (AvgIpc) is 3.11. The van der Waals surface area contributed by atoms with Crippen LogP contribution in [0.2, 0.25) is 0 Å². The van der Waals surface area contributed by atoms with E-state index in [0.29, 0.717) is 11.5 Å². The molecule has 0 aliphatic carbocycles. The summed E-state index contributed by atoms with van der Waals surface area (Å²) in [7, 11) is -3.76. The highest BCUT2D eigenvalue weighted by Crippen LogP contribution is 2.14. The summed E-state index contributed by atoms with van der Waals surface area (Å²) in [4.78, 5) is 12.2. The minimum absolute atomic E-state index is 0.0107. The van der Waals surface area contributed by atoms with Crippen molar-refractivity contribution in [1.82, 2.24) is 9.88 Å². The van der Waals surface area contributed by atoms with Crippen LogP contribution in [-0.4, -0.2) is 19.5 Å². The molecule has 3 aromatic rings. The number of nitrogens with one attached hydrogen (secondary N) is 1. The topological polar surface area (TPSA) is 98.5 Å². The molecule has 0 atom stereocenters. The normalized spacial score (nSPS) is 11.3. The lowest BCUT2D eigenvalue weighted by Gasteiger charge is -2.08. The van der Waals surface area contributed by atoms with Gasteiger partial charge in [-0.25, -0.2) is 17.9 Å². The van der Waals surface area contributed by atoms with Gasteiger partial charge in [0.15, 0.2) is 12.4 Å². The molecule has 8 heteroatoms. The zero-order chi connectivity index (χ0) is 19.3. The van der Waals surface area contributed by atoms with Crippen LogP contribution in [0.5, 0.6) is 0 Å². The molecule has 27 heavy (non-hydrogen) atoms. The predicted octanol–water partition coefficient (Wildman–Crippen LogP) is 2.82. The fraction of sp³-hybridized carbons (Fsp3) is 0.158. The summed E-state index contributed by atoms with van der Waals surface area (Å²) in [6.45, 7) is 1.83. The number of esters is 1. The lowest BCUT2D eigenvalue weighted by Crippen LogP contribution is -2.23. The molecule has 0 aliphatic rings. The summed E-state index contributed by atoms with van der Waals surface area (Å²) < 4.78 is 37.6. The predicted molar refractivity (Wildman–Crippen MR) is 97.3 cm³/mol. The van der Waals surface area contributed by atoms with Crippen LogP contribution in [0.3, 0.4) is 0 Å². The van der Waals surface area contributed by atoms with Gasteiger partial charge in [-0.3, -0.25) is 0 Å². The van der Waals surface area contributed by atoms with Gasteiger partial charge in [-0.05, 0) is 30.7 Å². The first-order valence-corrected chi connectivity index (χ1v) is 9.65. The molecular formula is C19H18N2O5S. The maximum atomic E-state index is 12.5. The number of benzene rings is 2. The summed E-state index contributed by atoms with van der Waals surface area (Å²) in [6, 6.07) is 16.5. The van der Waals surface area contributed by atoms with E-state index in [1.807, 2.05) is 30.3 Å². The number of rotatable bonds is 7. The zero-order valence-electron chi connectivity index (χ0n) is 14.6.